The quantitative estimate of drug-likeness (QED) is 0.392. The first-order valence-corrected chi connectivity index (χ1v) is 11.9. The second kappa shape index (κ2) is 11.1. The van der Waals surface area contributed by atoms with Gasteiger partial charge in [0.05, 0.1) is 12.0 Å². The van der Waals surface area contributed by atoms with Gasteiger partial charge in [0.25, 0.3) is 11.1 Å². The molecule has 0 aliphatic carbocycles. The lowest BCUT2D eigenvalue weighted by atomic mass is 10.1. The van der Waals surface area contributed by atoms with Crippen LogP contribution in [0.4, 0.5) is 4.79 Å². The van der Waals surface area contributed by atoms with E-state index in [1.54, 1.807) is 55.7 Å². The van der Waals surface area contributed by atoms with E-state index in [1.165, 1.54) is 0 Å². The van der Waals surface area contributed by atoms with E-state index in [9.17, 15) is 19.2 Å². The normalized spacial score (nSPS) is 15.6. The van der Waals surface area contributed by atoms with Crippen LogP contribution in [0, 0.1) is 0 Å². The van der Waals surface area contributed by atoms with Crippen molar-refractivity contribution in [3.8, 4) is 17.2 Å². The number of carbonyl (C=O) groups is 4. The van der Waals surface area contributed by atoms with Gasteiger partial charge in [-0.3, -0.25) is 24.1 Å². The molecule has 0 radical (unpaired) electrons. The fourth-order valence-electron chi connectivity index (χ4n) is 3.57. The Balaban J connectivity index is 1.20. The summed E-state index contributed by atoms with van der Waals surface area (Å²) >= 11 is 0.854. The first-order valence-electron chi connectivity index (χ1n) is 11.0. The third kappa shape index (κ3) is 6.02. The maximum Gasteiger partial charge on any atom is 0.293 e. The molecule has 0 unspecified atom stereocenters. The number of hydrogen-bond donors (Lipinski definition) is 1. The van der Waals surface area contributed by atoms with Crippen molar-refractivity contribution in [3.05, 3.63) is 58.5 Å². The van der Waals surface area contributed by atoms with E-state index < -0.39 is 5.91 Å². The van der Waals surface area contributed by atoms with Crippen molar-refractivity contribution in [3.63, 3.8) is 0 Å². The summed E-state index contributed by atoms with van der Waals surface area (Å²) in [6.45, 7) is 0.361. The molecule has 0 saturated carbocycles. The highest BCUT2D eigenvalue weighted by Gasteiger charge is 2.34. The molecule has 0 aromatic heterocycles. The number of benzene rings is 2. The Hall–Kier alpha value is -3.79. The average Bonchev–Trinajstić information content (AvgIpc) is 3.43. The first-order chi connectivity index (χ1) is 16.9. The van der Waals surface area contributed by atoms with E-state index in [2.05, 4.69) is 5.32 Å². The molecule has 1 fully saturated rings. The minimum absolute atomic E-state index is 0.0486. The van der Waals surface area contributed by atoms with Crippen molar-refractivity contribution in [2.75, 3.05) is 27.0 Å². The Morgan fingerprint density at radius 2 is 1.86 bits per heavy atom. The molecule has 2 heterocycles. The molecule has 9 nitrogen and oxygen atoms in total. The Morgan fingerprint density at radius 1 is 1.09 bits per heavy atom. The Morgan fingerprint density at radius 3 is 2.63 bits per heavy atom. The van der Waals surface area contributed by atoms with E-state index in [0.717, 1.165) is 22.2 Å². The summed E-state index contributed by atoms with van der Waals surface area (Å²) in [6.07, 6.45) is 2.45. The number of nitrogens with one attached hydrogen (secondary N) is 1. The van der Waals surface area contributed by atoms with Gasteiger partial charge in [-0.2, -0.15) is 0 Å². The zero-order valence-corrected chi connectivity index (χ0v) is 19.9. The van der Waals surface area contributed by atoms with Crippen LogP contribution >= 0.6 is 11.8 Å². The van der Waals surface area contributed by atoms with Gasteiger partial charge in [-0.1, -0.05) is 6.07 Å². The third-order valence-corrected chi connectivity index (χ3v) is 6.35. The second-order valence-corrected chi connectivity index (χ2v) is 8.79. The number of thioether (sulfide) groups is 1. The Bertz CT molecular complexity index is 1180. The van der Waals surface area contributed by atoms with Gasteiger partial charge in [0, 0.05) is 31.5 Å². The van der Waals surface area contributed by atoms with Crippen LogP contribution in [0.3, 0.4) is 0 Å². The second-order valence-electron chi connectivity index (χ2n) is 7.80. The summed E-state index contributed by atoms with van der Waals surface area (Å²) in [5.41, 5.74) is 1.29. The molecule has 2 aliphatic heterocycles. The van der Waals surface area contributed by atoms with Gasteiger partial charge >= 0.3 is 0 Å². The van der Waals surface area contributed by atoms with Crippen LogP contribution in [0.5, 0.6) is 17.2 Å². The van der Waals surface area contributed by atoms with Gasteiger partial charge in [0.15, 0.2) is 17.3 Å². The number of ether oxygens (including phenoxy) is 3. The molecule has 1 saturated heterocycles. The van der Waals surface area contributed by atoms with Crippen LogP contribution in [0.2, 0.25) is 0 Å². The van der Waals surface area contributed by atoms with E-state index in [1.807, 2.05) is 0 Å². The highest BCUT2D eigenvalue weighted by Crippen LogP contribution is 2.36. The molecule has 2 aromatic rings. The van der Waals surface area contributed by atoms with E-state index in [0.29, 0.717) is 34.1 Å². The Kier molecular flexibility index (Phi) is 7.71. The fraction of sp³-hybridized carbons (Fsp3) is 0.280. The predicted octanol–water partition coefficient (Wildman–Crippen LogP) is 3.63. The molecular formula is C25H24N2O7S. The number of hydrogen-bond acceptors (Lipinski definition) is 8. The molecule has 1 N–H and O–H groups in total. The molecule has 2 aliphatic rings. The number of fused-ring (bicyclic) bond motifs is 1. The van der Waals surface area contributed by atoms with E-state index >= 15 is 0 Å². The lowest BCUT2D eigenvalue weighted by Gasteiger charge is -2.13. The minimum Gasteiger partial charge on any atom is -0.497 e. The molecule has 4 rings (SSSR count). The number of rotatable bonds is 10. The van der Waals surface area contributed by atoms with Gasteiger partial charge in [-0.05, 0) is 66.2 Å². The third-order valence-electron chi connectivity index (χ3n) is 5.45. The average molecular weight is 497 g/mol. The lowest BCUT2D eigenvalue weighted by Crippen LogP contribution is -2.37. The zero-order chi connectivity index (χ0) is 24.8. The number of Topliss-reactive ketones (excluding diaryl/α,β-unsaturated/α-hetero) is 1. The molecule has 2 aromatic carbocycles. The van der Waals surface area contributed by atoms with Gasteiger partial charge in [-0.15, -0.1) is 0 Å². The molecule has 0 atom stereocenters. The summed E-state index contributed by atoms with van der Waals surface area (Å²) in [7, 11) is 1.56. The Labute approximate surface area is 206 Å². The van der Waals surface area contributed by atoms with Crippen LogP contribution in [-0.2, 0) is 9.59 Å². The number of amides is 3. The van der Waals surface area contributed by atoms with Crippen LogP contribution < -0.4 is 19.5 Å². The SMILES string of the molecule is COc1ccc(C(=O)CCCC(=O)NCCN2C(=O)SC(=Cc3ccc4c(c3)OCO4)C2=O)cc1. The number of ketones is 1. The molecule has 0 bridgehead atoms. The topological polar surface area (TPSA) is 111 Å². The zero-order valence-electron chi connectivity index (χ0n) is 19.1. The lowest BCUT2D eigenvalue weighted by molar-refractivity contribution is -0.124. The molecule has 35 heavy (non-hydrogen) atoms. The molecule has 10 heteroatoms. The summed E-state index contributed by atoms with van der Waals surface area (Å²) in [5, 5.41) is 2.31. The van der Waals surface area contributed by atoms with Crippen molar-refractivity contribution in [1.29, 1.82) is 0 Å². The van der Waals surface area contributed by atoms with Crippen LogP contribution in [-0.4, -0.2) is 54.7 Å². The van der Waals surface area contributed by atoms with Crippen molar-refractivity contribution in [2.24, 2.45) is 0 Å². The summed E-state index contributed by atoms with van der Waals surface area (Å²) in [4.78, 5) is 50.7. The van der Waals surface area contributed by atoms with Gasteiger partial charge in [-0.25, -0.2) is 0 Å². The molecule has 0 spiro atoms. The van der Waals surface area contributed by atoms with Crippen LogP contribution in [0.15, 0.2) is 47.4 Å². The molecule has 182 valence electrons. The number of carbonyl (C=O) groups excluding carboxylic acids is 4. The highest BCUT2D eigenvalue weighted by molar-refractivity contribution is 8.18. The van der Waals surface area contributed by atoms with Crippen LogP contribution in [0.25, 0.3) is 6.08 Å². The molecule has 3 amide bonds. The van der Waals surface area contributed by atoms with Crippen molar-refractivity contribution in [1.82, 2.24) is 10.2 Å². The van der Waals surface area contributed by atoms with E-state index in [4.69, 9.17) is 14.2 Å². The number of nitrogens with zero attached hydrogens (tertiary/aromatic N) is 1. The maximum atomic E-state index is 12.7. The molecular weight excluding hydrogens is 472 g/mol. The van der Waals surface area contributed by atoms with Crippen molar-refractivity contribution >= 4 is 40.7 Å². The maximum absolute atomic E-state index is 12.7. The predicted molar refractivity (Wildman–Crippen MR) is 129 cm³/mol. The van der Waals surface area contributed by atoms with Crippen molar-refractivity contribution in [2.45, 2.75) is 19.3 Å². The van der Waals surface area contributed by atoms with Crippen molar-refractivity contribution < 1.29 is 33.4 Å². The summed E-state index contributed by atoms with van der Waals surface area (Å²) < 4.78 is 15.7. The van der Waals surface area contributed by atoms with Gasteiger partial charge in [0.1, 0.15) is 5.75 Å². The monoisotopic (exact) mass is 496 g/mol. The van der Waals surface area contributed by atoms with Crippen LogP contribution in [0.1, 0.15) is 35.2 Å². The first kappa shape index (κ1) is 24.3. The van der Waals surface area contributed by atoms with E-state index in [-0.39, 0.29) is 49.7 Å². The summed E-state index contributed by atoms with van der Waals surface area (Å²) in [6, 6.07) is 12.1. The fourth-order valence-corrected chi connectivity index (χ4v) is 4.44. The number of imide groups is 1. The minimum atomic E-state index is -0.406. The number of methoxy groups -OCH3 is 1. The van der Waals surface area contributed by atoms with Gasteiger partial charge in [0.2, 0.25) is 12.7 Å². The van der Waals surface area contributed by atoms with Gasteiger partial charge < -0.3 is 19.5 Å². The summed E-state index contributed by atoms with van der Waals surface area (Å²) in [5.74, 6) is 1.20. The largest absolute Gasteiger partial charge is 0.497 e. The standard InChI is InChI=1S/C25H24N2O7S/c1-32-18-8-6-17(7-9-18)19(28)3-2-4-23(29)26-11-12-27-24(30)22(35-25(27)31)14-16-5-10-20-21(13-16)34-15-33-20/h5-10,13-14H,2-4,11-12,15H2,1H3,(H,26,29). The smallest absolute Gasteiger partial charge is 0.293 e. The highest BCUT2D eigenvalue weighted by atomic mass is 32.2.